The second-order valence-corrected chi connectivity index (χ2v) is 5.75. The first kappa shape index (κ1) is 12.8. The molecule has 3 nitrogen and oxygen atoms in total. The van der Waals surface area contributed by atoms with Crippen LogP contribution in [0.5, 0.6) is 0 Å². The summed E-state index contributed by atoms with van der Waals surface area (Å²) in [6.45, 7) is 7.94. The quantitative estimate of drug-likeness (QED) is 0.822. The molecule has 0 radical (unpaired) electrons. The van der Waals surface area contributed by atoms with Crippen LogP contribution in [0.2, 0.25) is 0 Å². The normalized spacial score (nSPS) is 25.2. The Hall–Kier alpha value is -0.640. The lowest BCUT2D eigenvalue weighted by atomic mass is 9.88. The van der Waals surface area contributed by atoms with Crippen molar-refractivity contribution in [1.82, 2.24) is 9.36 Å². The molecule has 2 unspecified atom stereocenters. The van der Waals surface area contributed by atoms with E-state index in [4.69, 9.17) is 0 Å². The molecule has 0 spiro atoms. The molecule has 96 valence electrons. The minimum atomic E-state index is 0.673. The van der Waals surface area contributed by atoms with Crippen molar-refractivity contribution in [3.63, 3.8) is 0 Å². The number of piperidine rings is 1. The monoisotopic (exact) mass is 253 g/mol. The van der Waals surface area contributed by atoms with Crippen molar-refractivity contribution in [1.29, 1.82) is 0 Å². The Bertz CT molecular complexity index is 350. The molecule has 17 heavy (non-hydrogen) atoms. The third kappa shape index (κ3) is 2.79. The lowest BCUT2D eigenvalue weighted by Gasteiger charge is -2.39. The molecular weight excluding hydrogens is 230 g/mol. The molecule has 1 aromatic heterocycles. The summed E-state index contributed by atoms with van der Waals surface area (Å²) in [7, 11) is 0. The number of anilines is 1. The molecule has 0 bridgehead atoms. The summed E-state index contributed by atoms with van der Waals surface area (Å²) in [4.78, 5) is 7.16. The zero-order valence-electron chi connectivity index (χ0n) is 11.1. The van der Waals surface area contributed by atoms with Gasteiger partial charge < -0.3 is 4.90 Å². The second kappa shape index (κ2) is 5.80. The molecule has 0 aromatic carbocycles. The van der Waals surface area contributed by atoms with Crippen LogP contribution in [0, 0.1) is 5.92 Å². The summed E-state index contributed by atoms with van der Waals surface area (Å²) in [5.41, 5.74) is 0. The summed E-state index contributed by atoms with van der Waals surface area (Å²) in [6.07, 6.45) is 6.13. The van der Waals surface area contributed by atoms with Gasteiger partial charge in [-0.3, -0.25) is 0 Å². The van der Waals surface area contributed by atoms with Gasteiger partial charge in [0.1, 0.15) is 5.82 Å². The number of aryl methyl sites for hydroxylation is 1. The lowest BCUT2D eigenvalue weighted by Crippen LogP contribution is -2.44. The van der Waals surface area contributed by atoms with E-state index in [1.165, 1.54) is 25.7 Å². The van der Waals surface area contributed by atoms with Crippen molar-refractivity contribution in [2.24, 2.45) is 5.92 Å². The van der Waals surface area contributed by atoms with E-state index < -0.39 is 0 Å². The maximum absolute atomic E-state index is 4.65. The number of rotatable bonds is 4. The van der Waals surface area contributed by atoms with E-state index in [0.717, 1.165) is 29.8 Å². The van der Waals surface area contributed by atoms with Crippen molar-refractivity contribution in [2.75, 3.05) is 11.4 Å². The highest BCUT2D eigenvalue weighted by molar-refractivity contribution is 7.09. The molecule has 1 fully saturated rings. The molecule has 0 N–H and O–H groups in total. The van der Waals surface area contributed by atoms with Crippen LogP contribution in [0.3, 0.4) is 0 Å². The van der Waals surface area contributed by atoms with E-state index in [1.807, 2.05) is 0 Å². The Morgan fingerprint density at radius 1 is 1.41 bits per heavy atom. The first-order valence-corrected chi connectivity index (χ1v) is 7.62. The van der Waals surface area contributed by atoms with Crippen LogP contribution in [0.1, 0.15) is 52.3 Å². The number of hydrogen-bond donors (Lipinski definition) is 0. The summed E-state index contributed by atoms with van der Waals surface area (Å²) in [5, 5.41) is 1.15. The van der Waals surface area contributed by atoms with E-state index >= 15 is 0 Å². The Labute approximate surface area is 108 Å². The van der Waals surface area contributed by atoms with Gasteiger partial charge in [0.05, 0.1) is 0 Å². The van der Waals surface area contributed by atoms with Gasteiger partial charge in [0.15, 0.2) is 0 Å². The van der Waals surface area contributed by atoms with Crippen molar-refractivity contribution >= 4 is 16.7 Å². The predicted molar refractivity (Wildman–Crippen MR) is 73.7 cm³/mol. The Morgan fingerprint density at radius 3 is 2.88 bits per heavy atom. The van der Waals surface area contributed by atoms with Gasteiger partial charge in [-0.25, -0.2) is 4.98 Å². The molecule has 0 aliphatic carbocycles. The lowest BCUT2D eigenvalue weighted by molar-refractivity contribution is 0.327. The highest BCUT2D eigenvalue weighted by Gasteiger charge is 2.29. The van der Waals surface area contributed by atoms with Crippen LogP contribution in [0.25, 0.3) is 0 Å². The van der Waals surface area contributed by atoms with Crippen molar-refractivity contribution in [3.8, 4) is 0 Å². The van der Waals surface area contributed by atoms with Gasteiger partial charge in [-0.15, -0.1) is 0 Å². The first-order valence-electron chi connectivity index (χ1n) is 6.85. The van der Waals surface area contributed by atoms with Crippen LogP contribution in [-0.4, -0.2) is 21.9 Å². The van der Waals surface area contributed by atoms with Gasteiger partial charge in [0.25, 0.3) is 0 Å². The third-order valence-corrected chi connectivity index (χ3v) is 4.51. The summed E-state index contributed by atoms with van der Waals surface area (Å²) in [6, 6.07) is 0.673. The average molecular weight is 253 g/mol. The first-order chi connectivity index (χ1) is 8.26. The van der Waals surface area contributed by atoms with E-state index in [1.54, 1.807) is 11.5 Å². The van der Waals surface area contributed by atoms with Crippen LogP contribution >= 0.6 is 11.5 Å². The highest BCUT2D eigenvalue weighted by Crippen LogP contribution is 2.31. The molecule has 1 aliphatic rings. The number of hydrogen-bond acceptors (Lipinski definition) is 4. The van der Waals surface area contributed by atoms with Gasteiger partial charge in [-0.05, 0) is 25.2 Å². The van der Waals surface area contributed by atoms with Crippen LogP contribution in [-0.2, 0) is 6.42 Å². The molecule has 1 saturated heterocycles. The fourth-order valence-corrected chi connectivity index (χ4v) is 3.56. The summed E-state index contributed by atoms with van der Waals surface area (Å²) >= 11 is 1.58. The standard InChI is InChI=1S/C13H23N3S/c1-4-7-11-10(3)8-6-9-16(11)13-14-12(5-2)15-17-13/h10-11H,4-9H2,1-3H3. The van der Waals surface area contributed by atoms with E-state index in [2.05, 4.69) is 35.0 Å². The molecule has 0 saturated carbocycles. The number of aromatic nitrogens is 2. The predicted octanol–water partition coefficient (Wildman–Crippen LogP) is 3.51. The third-order valence-electron chi connectivity index (χ3n) is 3.72. The number of nitrogens with zero attached hydrogens (tertiary/aromatic N) is 3. The fourth-order valence-electron chi connectivity index (χ4n) is 2.73. The Morgan fingerprint density at radius 2 is 2.24 bits per heavy atom. The van der Waals surface area contributed by atoms with Crippen molar-refractivity contribution in [2.45, 2.75) is 58.9 Å². The zero-order valence-corrected chi connectivity index (χ0v) is 12.0. The molecule has 1 aliphatic heterocycles. The van der Waals surface area contributed by atoms with E-state index in [-0.39, 0.29) is 0 Å². The van der Waals surface area contributed by atoms with Gasteiger partial charge in [-0.1, -0.05) is 27.2 Å². The second-order valence-electron chi connectivity index (χ2n) is 5.02. The molecule has 2 atom stereocenters. The van der Waals surface area contributed by atoms with Crippen molar-refractivity contribution in [3.05, 3.63) is 5.82 Å². The highest BCUT2D eigenvalue weighted by atomic mass is 32.1. The Kier molecular flexibility index (Phi) is 4.37. The maximum Gasteiger partial charge on any atom is 0.205 e. The fraction of sp³-hybridized carbons (Fsp3) is 0.846. The van der Waals surface area contributed by atoms with Crippen LogP contribution in [0.15, 0.2) is 0 Å². The summed E-state index contributed by atoms with van der Waals surface area (Å²) < 4.78 is 4.42. The smallest absolute Gasteiger partial charge is 0.205 e. The topological polar surface area (TPSA) is 29.0 Å². The molecule has 2 rings (SSSR count). The van der Waals surface area contributed by atoms with Gasteiger partial charge in [0, 0.05) is 30.5 Å². The molecule has 2 heterocycles. The summed E-state index contributed by atoms with van der Waals surface area (Å²) in [5.74, 6) is 1.79. The van der Waals surface area contributed by atoms with Crippen molar-refractivity contribution < 1.29 is 0 Å². The van der Waals surface area contributed by atoms with E-state index in [0.29, 0.717) is 6.04 Å². The Balaban J connectivity index is 2.15. The SMILES string of the molecule is CCCC1C(C)CCCN1c1nc(CC)ns1. The van der Waals surface area contributed by atoms with Gasteiger partial charge in [-0.2, -0.15) is 4.37 Å². The van der Waals surface area contributed by atoms with Crippen LogP contribution < -0.4 is 4.90 Å². The van der Waals surface area contributed by atoms with Crippen LogP contribution in [0.4, 0.5) is 5.13 Å². The minimum Gasteiger partial charge on any atom is -0.344 e. The van der Waals surface area contributed by atoms with Gasteiger partial charge in [0.2, 0.25) is 5.13 Å². The minimum absolute atomic E-state index is 0.673. The molecule has 4 heteroatoms. The largest absolute Gasteiger partial charge is 0.344 e. The molecule has 0 amide bonds. The molecular formula is C13H23N3S. The van der Waals surface area contributed by atoms with E-state index in [9.17, 15) is 0 Å². The molecule has 1 aromatic rings. The maximum atomic E-state index is 4.65. The zero-order chi connectivity index (χ0) is 12.3. The average Bonchev–Trinajstić information content (AvgIpc) is 2.80. The van der Waals surface area contributed by atoms with Gasteiger partial charge >= 0.3 is 0 Å².